The van der Waals surface area contributed by atoms with Crippen molar-refractivity contribution in [2.45, 2.75) is 43.4 Å². The summed E-state index contributed by atoms with van der Waals surface area (Å²) in [6, 6.07) is 7.42. The average Bonchev–Trinajstić information content (AvgIpc) is 3.37. The average molecular weight is 478 g/mol. The second kappa shape index (κ2) is 7.62. The molecule has 0 radical (unpaired) electrons. The number of fused-ring (bicyclic) bond motifs is 3. The molecular weight excluding hydrogens is 460 g/mol. The zero-order valence-corrected chi connectivity index (χ0v) is 18.2. The summed E-state index contributed by atoms with van der Waals surface area (Å²) in [5.74, 6) is -4.70. The van der Waals surface area contributed by atoms with Crippen LogP contribution in [0, 0.1) is 17.1 Å². The van der Waals surface area contributed by atoms with Crippen LogP contribution in [0.3, 0.4) is 0 Å². The topological polar surface area (TPSA) is 74.2 Å². The van der Waals surface area contributed by atoms with Crippen molar-refractivity contribution in [1.82, 2.24) is 14.4 Å². The Bertz CT molecular complexity index is 1540. The molecule has 2 heterocycles. The fourth-order valence-corrected chi connectivity index (χ4v) is 5.63. The molecule has 5 nitrogen and oxygen atoms in total. The van der Waals surface area contributed by atoms with Crippen LogP contribution in [0.1, 0.15) is 64.4 Å². The zero-order chi connectivity index (χ0) is 24.5. The van der Waals surface area contributed by atoms with Crippen LogP contribution in [0.15, 0.2) is 49.1 Å². The van der Waals surface area contributed by atoms with E-state index < -0.39 is 36.4 Å². The summed E-state index contributed by atoms with van der Waals surface area (Å²) >= 11 is 0. The van der Waals surface area contributed by atoms with Crippen molar-refractivity contribution in [3.8, 4) is 17.3 Å². The number of alkyl halides is 3. The second-order valence-electron chi connectivity index (χ2n) is 9.05. The smallest absolute Gasteiger partial charge is 0.281 e. The van der Waals surface area contributed by atoms with Crippen molar-refractivity contribution in [2.75, 3.05) is 0 Å². The van der Waals surface area contributed by atoms with Crippen molar-refractivity contribution >= 4 is 5.65 Å². The number of aromatic nitrogens is 3. The van der Waals surface area contributed by atoms with E-state index in [0.29, 0.717) is 28.0 Å². The van der Waals surface area contributed by atoms with Crippen LogP contribution in [0.5, 0.6) is 0 Å². The molecule has 6 rings (SSSR count). The van der Waals surface area contributed by atoms with E-state index in [1.54, 1.807) is 28.9 Å². The largest absolute Gasteiger partial charge is 0.382 e. The first-order valence-corrected chi connectivity index (χ1v) is 11.2. The highest BCUT2D eigenvalue weighted by Gasteiger charge is 2.50. The number of hydrogen-bond donors (Lipinski definition) is 1. The fourth-order valence-electron chi connectivity index (χ4n) is 5.63. The normalized spacial score (nSPS) is 22.6. The minimum Gasteiger partial charge on any atom is -0.382 e. The number of imidazole rings is 1. The lowest BCUT2D eigenvalue weighted by Gasteiger charge is -2.31. The van der Waals surface area contributed by atoms with Gasteiger partial charge in [-0.05, 0) is 52.8 Å². The van der Waals surface area contributed by atoms with E-state index in [0.717, 1.165) is 12.1 Å². The Morgan fingerprint density at radius 1 is 1.11 bits per heavy atom. The van der Waals surface area contributed by atoms with Gasteiger partial charge in [-0.3, -0.25) is 9.38 Å². The van der Waals surface area contributed by atoms with Gasteiger partial charge >= 0.3 is 0 Å². The van der Waals surface area contributed by atoms with Crippen LogP contribution < -0.4 is 0 Å². The standard InChI is InChI=1S/C26H18F4N4O/c27-14-7-13(10-31)23-16(3-4-20(28)18(23)8-14)15-1-2-17(24-19(15)9-26(29,30)25(24)35)21-11-33-22-12-32-5-6-34(21)22/h1-2,5-8,11-12,16,20,25,35H,3-4,9H2/t16-,20+,25+/m1/s1. The molecule has 0 saturated heterocycles. The minimum absolute atomic E-state index is 0.00948. The van der Waals surface area contributed by atoms with Gasteiger partial charge in [0, 0.05) is 30.3 Å². The molecule has 2 aromatic carbocycles. The van der Waals surface area contributed by atoms with Crippen molar-refractivity contribution in [1.29, 1.82) is 5.26 Å². The Labute approximate surface area is 197 Å². The Hall–Kier alpha value is -3.77. The summed E-state index contributed by atoms with van der Waals surface area (Å²) in [7, 11) is 0. The molecule has 0 amide bonds. The fraction of sp³-hybridized carbons (Fsp3) is 0.269. The molecule has 35 heavy (non-hydrogen) atoms. The van der Waals surface area contributed by atoms with Crippen LogP contribution in [0.25, 0.3) is 16.9 Å². The highest BCUT2D eigenvalue weighted by molar-refractivity contribution is 5.72. The van der Waals surface area contributed by atoms with Gasteiger partial charge in [-0.2, -0.15) is 5.26 Å². The molecule has 2 aromatic heterocycles. The first-order valence-electron chi connectivity index (χ1n) is 11.2. The third-order valence-electron chi connectivity index (χ3n) is 7.14. The van der Waals surface area contributed by atoms with Gasteiger partial charge in [0.2, 0.25) is 0 Å². The van der Waals surface area contributed by atoms with Gasteiger partial charge in [0.05, 0.1) is 29.7 Å². The van der Waals surface area contributed by atoms with Crippen molar-refractivity contribution < 1.29 is 22.7 Å². The predicted molar refractivity (Wildman–Crippen MR) is 118 cm³/mol. The van der Waals surface area contributed by atoms with Crippen LogP contribution in [-0.4, -0.2) is 25.4 Å². The molecule has 0 fully saturated rings. The molecule has 0 spiro atoms. The third-order valence-corrected chi connectivity index (χ3v) is 7.14. The van der Waals surface area contributed by atoms with Crippen LogP contribution in [0.2, 0.25) is 0 Å². The van der Waals surface area contributed by atoms with E-state index in [4.69, 9.17) is 0 Å². The Kier molecular flexibility index (Phi) is 4.73. The molecule has 176 valence electrons. The van der Waals surface area contributed by atoms with Gasteiger partial charge in [-0.25, -0.2) is 22.5 Å². The Morgan fingerprint density at radius 2 is 1.94 bits per heavy atom. The van der Waals surface area contributed by atoms with Gasteiger partial charge in [-0.1, -0.05) is 12.1 Å². The van der Waals surface area contributed by atoms with E-state index in [1.165, 1.54) is 12.4 Å². The van der Waals surface area contributed by atoms with E-state index >= 15 is 0 Å². The highest BCUT2D eigenvalue weighted by atomic mass is 19.3. The van der Waals surface area contributed by atoms with E-state index in [1.807, 2.05) is 6.07 Å². The summed E-state index contributed by atoms with van der Waals surface area (Å²) in [6.45, 7) is 0. The summed E-state index contributed by atoms with van der Waals surface area (Å²) in [5, 5.41) is 20.3. The SMILES string of the molecule is N#Cc1cc(F)cc2c1[C@@H](c1ccc(-c3cnc4cnccn34)c3c1CC(F)(F)[C@H]3O)CC[C@@H]2F. The lowest BCUT2D eigenvalue weighted by Crippen LogP contribution is -2.22. The molecule has 0 unspecified atom stereocenters. The summed E-state index contributed by atoms with van der Waals surface area (Å²) in [4.78, 5) is 8.30. The monoisotopic (exact) mass is 478 g/mol. The number of hydrogen-bond acceptors (Lipinski definition) is 4. The van der Waals surface area contributed by atoms with Gasteiger partial charge < -0.3 is 5.11 Å². The van der Waals surface area contributed by atoms with E-state index in [-0.39, 0.29) is 35.1 Å². The quantitative estimate of drug-likeness (QED) is 0.383. The molecule has 9 heteroatoms. The van der Waals surface area contributed by atoms with Gasteiger partial charge in [0.1, 0.15) is 18.1 Å². The maximum absolute atomic E-state index is 14.9. The molecule has 3 atom stereocenters. The number of aliphatic hydroxyl groups excluding tert-OH is 1. The lowest BCUT2D eigenvalue weighted by atomic mass is 9.74. The number of nitriles is 1. The maximum Gasteiger partial charge on any atom is 0.281 e. The van der Waals surface area contributed by atoms with E-state index in [9.17, 15) is 27.9 Å². The number of aliphatic hydroxyl groups is 1. The molecule has 0 bridgehead atoms. The summed E-state index contributed by atoms with van der Waals surface area (Å²) in [5.41, 5.74) is 2.71. The number of nitrogens with zero attached hydrogens (tertiary/aromatic N) is 4. The van der Waals surface area contributed by atoms with Crippen LogP contribution >= 0.6 is 0 Å². The first kappa shape index (κ1) is 21.7. The molecule has 2 aliphatic carbocycles. The summed E-state index contributed by atoms with van der Waals surface area (Å²) < 4.78 is 60.4. The van der Waals surface area contributed by atoms with Gasteiger partial charge in [0.15, 0.2) is 5.65 Å². The molecule has 1 N–H and O–H groups in total. The molecule has 0 aliphatic heterocycles. The zero-order valence-electron chi connectivity index (χ0n) is 18.2. The molecule has 0 saturated carbocycles. The third kappa shape index (κ3) is 3.17. The molecular formula is C26H18F4N4O. The number of benzene rings is 2. The second-order valence-corrected chi connectivity index (χ2v) is 9.05. The van der Waals surface area contributed by atoms with Crippen LogP contribution in [-0.2, 0) is 6.42 Å². The van der Waals surface area contributed by atoms with Crippen molar-refractivity contribution in [3.63, 3.8) is 0 Å². The van der Waals surface area contributed by atoms with Crippen molar-refractivity contribution in [2.24, 2.45) is 0 Å². The van der Waals surface area contributed by atoms with Crippen molar-refractivity contribution in [3.05, 3.63) is 88.3 Å². The van der Waals surface area contributed by atoms with Crippen LogP contribution in [0.4, 0.5) is 17.6 Å². The predicted octanol–water partition coefficient (Wildman–Crippen LogP) is 5.57. The maximum atomic E-state index is 14.9. The molecule has 4 aromatic rings. The summed E-state index contributed by atoms with van der Waals surface area (Å²) in [6.07, 6.45) is 2.43. The van der Waals surface area contributed by atoms with Gasteiger partial charge in [-0.15, -0.1) is 0 Å². The minimum atomic E-state index is -3.41. The van der Waals surface area contributed by atoms with E-state index in [2.05, 4.69) is 9.97 Å². The first-order chi connectivity index (χ1) is 16.8. The Morgan fingerprint density at radius 3 is 2.74 bits per heavy atom. The number of halogens is 4. The number of rotatable bonds is 2. The Balaban J connectivity index is 1.60. The van der Waals surface area contributed by atoms with Gasteiger partial charge in [0.25, 0.3) is 5.92 Å². The lowest BCUT2D eigenvalue weighted by molar-refractivity contribution is -0.0966. The molecule has 2 aliphatic rings. The highest BCUT2D eigenvalue weighted by Crippen LogP contribution is 2.53.